The first kappa shape index (κ1) is 38.7. The number of pyridine rings is 2. The van der Waals surface area contributed by atoms with E-state index in [4.69, 9.17) is 18.9 Å². The molecule has 290 valence electrons. The van der Waals surface area contributed by atoms with Crippen molar-refractivity contribution in [3.8, 4) is 34.1 Å². The molecule has 8 nitrogen and oxygen atoms in total. The van der Waals surface area contributed by atoms with Crippen molar-refractivity contribution in [2.24, 2.45) is 14.1 Å². The molecule has 0 saturated heterocycles. The van der Waals surface area contributed by atoms with Crippen LogP contribution < -0.4 is 61.9 Å². The fraction of sp³-hybridized carbons (Fsp3) is 0.125. The summed E-state index contributed by atoms with van der Waals surface area (Å²) < 4.78 is 27.0. The van der Waals surface area contributed by atoms with Crippen molar-refractivity contribution in [1.29, 1.82) is 0 Å². The summed E-state index contributed by atoms with van der Waals surface area (Å²) in [6, 6.07) is 48.2. The van der Waals surface area contributed by atoms with Gasteiger partial charge >= 0.3 is 0 Å². The summed E-state index contributed by atoms with van der Waals surface area (Å²) in [5.41, 5.74) is 2.20. The molecule has 0 unspecified atom stereocenters. The van der Waals surface area contributed by atoms with Crippen LogP contribution in [0.5, 0.6) is 23.0 Å². The molecule has 58 heavy (non-hydrogen) atoms. The Hall–Kier alpha value is -6.20. The van der Waals surface area contributed by atoms with Crippen LogP contribution in [0, 0.1) is 0 Å². The van der Waals surface area contributed by atoms with Crippen LogP contribution in [0.25, 0.3) is 32.9 Å². The molecule has 10 heteroatoms. The van der Waals surface area contributed by atoms with Gasteiger partial charge in [-0.1, -0.05) is 121 Å². The molecule has 2 heterocycles. The van der Waals surface area contributed by atoms with Crippen LogP contribution in [-0.2, 0) is 14.1 Å². The number of hydrogen-bond acceptors (Lipinski definition) is 6. The number of benzene rings is 6. The van der Waals surface area contributed by atoms with Crippen LogP contribution in [0.1, 0.15) is 0 Å². The molecule has 0 amide bonds. The molecule has 0 fully saturated rings. The maximum Gasteiger partial charge on any atom is 0.259 e. The van der Waals surface area contributed by atoms with Crippen LogP contribution >= 0.6 is 15.8 Å². The molecule has 6 aromatic carbocycles. The molecule has 8 aromatic rings. The number of methoxy groups -OCH3 is 4. The fourth-order valence-corrected chi connectivity index (χ4v) is 12.8. The smallest absolute Gasteiger partial charge is 0.259 e. The highest BCUT2D eigenvalue weighted by molar-refractivity contribution is 7.80. The van der Waals surface area contributed by atoms with Crippen molar-refractivity contribution in [3.63, 3.8) is 0 Å². The first-order chi connectivity index (χ1) is 28.3. The van der Waals surface area contributed by atoms with E-state index in [9.17, 15) is 0 Å². The van der Waals surface area contributed by atoms with Crippen LogP contribution in [0.15, 0.2) is 155 Å². The molecule has 0 aliphatic carbocycles. The standard InChI is InChI=1S/C48H42N2O6P2/c1-49-37-29-41(55-5)39(53-3)27-35(37)43(45(47(49)51)57(31-19-11-7-12-20-31)32-21-13-8-14-22-32)44-36-28-40(54-4)42(56-6)30-38(36)50(2)48(52)46(44)58(33-23-15-9-16-24-33)34-25-17-10-18-26-34/h7-30H,1-6H3. The van der Waals surface area contributed by atoms with Gasteiger partial charge in [0.2, 0.25) is 0 Å². The third kappa shape index (κ3) is 6.62. The number of fused-ring (bicyclic) bond motifs is 2. The van der Waals surface area contributed by atoms with Crippen molar-refractivity contribution < 1.29 is 18.9 Å². The summed E-state index contributed by atoms with van der Waals surface area (Å²) in [6.07, 6.45) is 0. The second-order valence-electron chi connectivity index (χ2n) is 13.6. The Kier molecular flexibility index (Phi) is 10.9. The molecule has 0 spiro atoms. The minimum Gasteiger partial charge on any atom is -0.493 e. The molecular weight excluding hydrogens is 762 g/mol. The van der Waals surface area contributed by atoms with Gasteiger partial charge < -0.3 is 28.1 Å². The van der Waals surface area contributed by atoms with E-state index in [0.29, 0.717) is 55.8 Å². The predicted octanol–water partition coefficient (Wildman–Crippen LogP) is 6.61. The largest absolute Gasteiger partial charge is 0.493 e. The molecule has 8 rings (SSSR count). The van der Waals surface area contributed by atoms with Gasteiger partial charge in [0.1, 0.15) is 0 Å². The maximum absolute atomic E-state index is 15.6. The third-order valence-electron chi connectivity index (χ3n) is 10.5. The maximum atomic E-state index is 15.6. The van der Waals surface area contributed by atoms with Crippen molar-refractivity contribution in [2.45, 2.75) is 0 Å². The van der Waals surface area contributed by atoms with Gasteiger partial charge in [-0.05, 0) is 49.2 Å². The normalized spacial score (nSPS) is 11.4. The molecule has 0 N–H and O–H groups in total. The Labute approximate surface area is 339 Å². The first-order valence-electron chi connectivity index (χ1n) is 18.7. The van der Waals surface area contributed by atoms with E-state index >= 15 is 9.59 Å². The Morgan fingerprint density at radius 3 is 0.914 bits per heavy atom. The van der Waals surface area contributed by atoms with Crippen LogP contribution in [0.4, 0.5) is 0 Å². The lowest BCUT2D eigenvalue weighted by molar-refractivity contribution is 0.355. The van der Waals surface area contributed by atoms with Crippen LogP contribution in [-0.4, -0.2) is 37.6 Å². The molecule has 0 aliphatic rings. The Balaban J connectivity index is 1.70. The minimum atomic E-state index is -1.52. The van der Waals surface area contributed by atoms with Crippen molar-refractivity contribution >= 4 is 69.5 Å². The van der Waals surface area contributed by atoms with E-state index in [0.717, 1.165) is 32.0 Å². The number of ether oxygens (including phenoxy) is 4. The van der Waals surface area contributed by atoms with E-state index in [2.05, 4.69) is 48.5 Å². The highest BCUT2D eigenvalue weighted by Gasteiger charge is 2.34. The molecule has 0 saturated carbocycles. The number of hydrogen-bond donors (Lipinski definition) is 0. The molecule has 0 atom stereocenters. The lowest BCUT2D eigenvalue weighted by Crippen LogP contribution is -2.42. The number of aromatic nitrogens is 2. The molecule has 2 aromatic heterocycles. The lowest BCUT2D eigenvalue weighted by atomic mass is 9.96. The van der Waals surface area contributed by atoms with Gasteiger partial charge in [-0.15, -0.1) is 0 Å². The SMILES string of the molecule is COc1cc2c(-c3c(P(c4ccccc4)c4ccccc4)c(=O)n(C)c4cc(OC)c(OC)cc34)c(P(c3ccccc3)c3ccccc3)c(=O)n(C)c2cc1OC. The Bertz CT molecular complexity index is 2620. The van der Waals surface area contributed by atoms with E-state index < -0.39 is 15.8 Å². The van der Waals surface area contributed by atoms with E-state index in [-0.39, 0.29) is 11.1 Å². The van der Waals surface area contributed by atoms with Crippen molar-refractivity contribution in [1.82, 2.24) is 9.13 Å². The number of aryl methyl sites for hydroxylation is 2. The van der Waals surface area contributed by atoms with Gasteiger partial charge in [-0.3, -0.25) is 9.59 Å². The molecule has 0 bridgehead atoms. The van der Waals surface area contributed by atoms with Crippen molar-refractivity contribution in [3.05, 3.63) is 166 Å². The zero-order chi connectivity index (χ0) is 40.5. The Morgan fingerprint density at radius 1 is 0.397 bits per heavy atom. The highest BCUT2D eigenvalue weighted by atomic mass is 31.1. The third-order valence-corrected chi connectivity index (χ3v) is 15.5. The summed E-state index contributed by atoms with van der Waals surface area (Å²) in [5.74, 6) is 1.94. The average Bonchev–Trinajstić information content (AvgIpc) is 3.28. The van der Waals surface area contributed by atoms with Gasteiger partial charge in [-0.2, -0.15) is 0 Å². The second-order valence-corrected chi connectivity index (χ2v) is 17.9. The number of rotatable bonds is 11. The van der Waals surface area contributed by atoms with E-state index in [1.54, 1.807) is 51.7 Å². The lowest BCUT2D eigenvalue weighted by Gasteiger charge is -2.29. The predicted molar refractivity (Wildman–Crippen MR) is 241 cm³/mol. The summed E-state index contributed by atoms with van der Waals surface area (Å²) >= 11 is 0. The summed E-state index contributed by atoms with van der Waals surface area (Å²) in [5, 5.41) is 6.58. The quantitative estimate of drug-likeness (QED) is 0.137. The average molecular weight is 805 g/mol. The summed E-state index contributed by atoms with van der Waals surface area (Å²) in [7, 11) is 6.93. The topological polar surface area (TPSA) is 80.9 Å². The monoisotopic (exact) mass is 804 g/mol. The van der Waals surface area contributed by atoms with Gasteiger partial charge in [0.25, 0.3) is 11.1 Å². The Morgan fingerprint density at radius 2 is 0.655 bits per heavy atom. The van der Waals surface area contributed by atoms with Crippen LogP contribution in [0.3, 0.4) is 0 Å². The molecular formula is C48H42N2O6P2. The van der Waals surface area contributed by atoms with E-state index in [1.165, 1.54) is 0 Å². The van der Waals surface area contributed by atoms with Gasteiger partial charge in [0, 0.05) is 48.1 Å². The van der Waals surface area contributed by atoms with Gasteiger partial charge in [0.15, 0.2) is 23.0 Å². The van der Waals surface area contributed by atoms with Gasteiger partial charge in [-0.25, -0.2) is 0 Å². The summed E-state index contributed by atoms with van der Waals surface area (Å²) in [4.78, 5) is 31.3. The molecule has 0 aliphatic heterocycles. The van der Waals surface area contributed by atoms with E-state index in [1.807, 2.05) is 97.1 Å². The second kappa shape index (κ2) is 16.3. The zero-order valence-electron chi connectivity index (χ0n) is 33.1. The molecule has 0 radical (unpaired) electrons. The van der Waals surface area contributed by atoms with Crippen LogP contribution in [0.2, 0.25) is 0 Å². The minimum absolute atomic E-state index is 0.183. The van der Waals surface area contributed by atoms with Crippen molar-refractivity contribution in [2.75, 3.05) is 28.4 Å². The first-order valence-corrected chi connectivity index (χ1v) is 21.4. The highest BCUT2D eigenvalue weighted by Crippen LogP contribution is 2.47. The van der Waals surface area contributed by atoms with Gasteiger partial charge in [0.05, 0.1) is 50.1 Å². The number of nitrogens with zero attached hydrogens (tertiary/aromatic N) is 2. The summed E-state index contributed by atoms with van der Waals surface area (Å²) in [6.45, 7) is 0. The zero-order valence-corrected chi connectivity index (χ0v) is 34.9. The fourth-order valence-electron chi connectivity index (χ4n) is 7.74.